The molecule has 0 aliphatic heterocycles. The van der Waals surface area contributed by atoms with Crippen molar-refractivity contribution in [2.75, 3.05) is 0 Å². The molecule has 0 amide bonds. The third-order valence-electron chi connectivity index (χ3n) is 10.9. The van der Waals surface area contributed by atoms with E-state index in [4.69, 9.17) is 20.1 Å². The standard InChI is InChI=1S/C51H34N4OS/c52-50(32-13-3-1-4-14-32)54-51(33-15-5-2-6-16-33)53-31-35-17-11-21-41-48-37(20-12-24-45(48)56-49(35)41)34-25-27-40-42-30-36(26-28-46(42)57-47(40)29-34)55-43-22-9-7-18-38(43)39-19-8-10-23-44(39)55/h1-30H,31H2,(H2,52,53,54). The predicted octanol–water partition coefficient (Wildman–Crippen LogP) is 13.1. The molecule has 11 rings (SSSR count). The Labute approximate surface area is 332 Å². The highest BCUT2D eigenvalue weighted by Gasteiger charge is 2.18. The van der Waals surface area contributed by atoms with Gasteiger partial charge in [-0.05, 0) is 53.6 Å². The maximum Gasteiger partial charge on any atom is 0.157 e. The Kier molecular flexibility index (Phi) is 7.83. The lowest BCUT2D eigenvalue weighted by molar-refractivity contribution is 0.663. The summed E-state index contributed by atoms with van der Waals surface area (Å²) in [7, 11) is 0. The van der Waals surface area contributed by atoms with Crippen LogP contribution in [0.2, 0.25) is 0 Å². The topological polar surface area (TPSA) is 68.8 Å². The number of hydrogen-bond acceptors (Lipinski definition) is 3. The van der Waals surface area contributed by atoms with E-state index in [1.54, 1.807) is 0 Å². The number of amidine groups is 2. The number of aliphatic imine (C=N–C) groups is 2. The molecular formula is C51H34N4OS. The summed E-state index contributed by atoms with van der Waals surface area (Å²) in [6.45, 7) is 0.382. The largest absolute Gasteiger partial charge is 0.456 e. The van der Waals surface area contributed by atoms with Crippen LogP contribution in [0.5, 0.6) is 0 Å². The second-order valence-electron chi connectivity index (χ2n) is 14.3. The summed E-state index contributed by atoms with van der Waals surface area (Å²) in [5.74, 6) is 0.994. The number of aromatic nitrogens is 1. The molecule has 0 radical (unpaired) electrons. The highest BCUT2D eigenvalue weighted by atomic mass is 32.1. The number of hydrogen-bond donors (Lipinski definition) is 1. The van der Waals surface area contributed by atoms with E-state index in [1.807, 2.05) is 72.0 Å². The van der Waals surface area contributed by atoms with E-state index in [9.17, 15) is 0 Å². The summed E-state index contributed by atoms with van der Waals surface area (Å²) in [5.41, 5.74) is 16.8. The highest BCUT2D eigenvalue weighted by Crippen LogP contribution is 2.42. The number of nitrogens with two attached hydrogens (primary N) is 1. The minimum absolute atomic E-state index is 0.382. The molecule has 270 valence electrons. The number of fused-ring (bicyclic) bond motifs is 9. The van der Waals surface area contributed by atoms with Crippen LogP contribution in [-0.2, 0) is 6.54 Å². The lowest BCUT2D eigenvalue weighted by Crippen LogP contribution is -2.16. The summed E-state index contributed by atoms with van der Waals surface area (Å²) in [6, 6.07) is 63.5. The van der Waals surface area contributed by atoms with Crippen molar-refractivity contribution in [2.45, 2.75) is 6.54 Å². The average Bonchev–Trinajstić information content (AvgIpc) is 3.95. The zero-order valence-corrected chi connectivity index (χ0v) is 31.6. The van der Waals surface area contributed by atoms with Gasteiger partial charge in [-0.15, -0.1) is 11.3 Å². The van der Waals surface area contributed by atoms with Crippen molar-refractivity contribution in [1.82, 2.24) is 4.57 Å². The second-order valence-corrected chi connectivity index (χ2v) is 15.4. The summed E-state index contributed by atoms with van der Waals surface area (Å²) in [4.78, 5) is 9.83. The van der Waals surface area contributed by atoms with Gasteiger partial charge in [0.05, 0.1) is 17.6 Å². The summed E-state index contributed by atoms with van der Waals surface area (Å²) in [6.07, 6.45) is 0. The first-order chi connectivity index (χ1) is 28.2. The Balaban J connectivity index is 0.988. The Morgan fingerprint density at radius 3 is 2.02 bits per heavy atom. The van der Waals surface area contributed by atoms with Gasteiger partial charge in [-0.2, -0.15) is 0 Å². The summed E-state index contributed by atoms with van der Waals surface area (Å²) in [5, 5.41) is 7.22. The average molecular weight is 751 g/mol. The zero-order valence-electron chi connectivity index (χ0n) is 30.8. The van der Waals surface area contributed by atoms with Crippen LogP contribution in [-0.4, -0.2) is 16.2 Å². The van der Waals surface area contributed by atoms with Gasteiger partial charge in [-0.1, -0.05) is 140 Å². The van der Waals surface area contributed by atoms with Crippen molar-refractivity contribution in [1.29, 1.82) is 0 Å². The molecule has 3 heterocycles. The molecule has 0 bridgehead atoms. The van der Waals surface area contributed by atoms with Crippen molar-refractivity contribution in [3.63, 3.8) is 0 Å². The third-order valence-corrected chi connectivity index (χ3v) is 12.1. The molecule has 0 aliphatic rings. The maximum absolute atomic E-state index is 6.65. The van der Waals surface area contributed by atoms with Crippen LogP contribution in [0.1, 0.15) is 16.7 Å². The van der Waals surface area contributed by atoms with E-state index in [0.29, 0.717) is 18.2 Å². The van der Waals surface area contributed by atoms with Gasteiger partial charge in [0.2, 0.25) is 0 Å². The Hall–Kier alpha value is -7.28. The SMILES string of the molecule is N/C(=N\C(=N/Cc1cccc2c1oc1cccc(-c3ccc4c(c3)sc3ccc(-n5c6ccccc6c6ccccc65)cc34)c12)c1ccccc1)c1ccccc1. The van der Waals surface area contributed by atoms with E-state index in [0.717, 1.165) is 49.8 Å². The van der Waals surface area contributed by atoms with Crippen molar-refractivity contribution in [3.05, 3.63) is 199 Å². The number of nitrogens with zero attached hydrogens (tertiary/aromatic N) is 3. The van der Waals surface area contributed by atoms with Gasteiger partial charge in [0.1, 0.15) is 17.0 Å². The first-order valence-electron chi connectivity index (χ1n) is 19.1. The molecule has 0 saturated heterocycles. The fraction of sp³-hybridized carbons (Fsp3) is 0.0196. The van der Waals surface area contributed by atoms with Crippen molar-refractivity contribution < 1.29 is 4.42 Å². The molecule has 0 unspecified atom stereocenters. The van der Waals surface area contributed by atoms with Crippen LogP contribution in [0.3, 0.4) is 0 Å². The minimum Gasteiger partial charge on any atom is -0.456 e. The lowest BCUT2D eigenvalue weighted by atomic mass is 9.98. The van der Waals surface area contributed by atoms with Crippen LogP contribution in [0.25, 0.3) is 80.7 Å². The van der Waals surface area contributed by atoms with Crippen LogP contribution < -0.4 is 5.73 Å². The predicted molar refractivity (Wildman–Crippen MR) is 240 cm³/mol. The fourth-order valence-corrected chi connectivity index (χ4v) is 9.40. The Morgan fingerprint density at radius 1 is 0.561 bits per heavy atom. The van der Waals surface area contributed by atoms with Gasteiger partial charge < -0.3 is 14.7 Å². The molecule has 8 aromatic carbocycles. The molecule has 0 spiro atoms. The molecule has 11 aromatic rings. The van der Waals surface area contributed by atoms with Crippen LogP contribution in [0.15, 0.2) is 196 Å². The molecular weight excluding hydrogens is 717 g/mol. The quantitative estimate of drug-likeness (QED) is 0.136. The van der Waals surface area contributed by atoms with E-state index in [2.05, 4.69) is 126 Å². The van der Waals surface area contributed by atoms with Gasteiger partial charge in [0.15, 0.2) is 5.84 Å². The number of rotatable bonds is 6. The highest BCUT2D eigenvalue weighted by molar-refractivity contribution is 7.25. The van der Waals surface area contributed by atoms with E-state index in [-0.39, 0.29) is 0 Å². The molecule has 0 fully saturated rings. The Morgan fingerprint density at radius 2 is 1.25 bits per heavy atom. The van der Waals surface area contributed by atoms with E-state index >= 15 is 0 Å². The lowest BCUT2D eigenvalue weighted by Gasteiger charge is -2.08. The summed E-state index contributed by atoms with van der Waals surface area (Å²) < 4.78 is 11.6. The molecule has 0 aliphatic carbocycles. The number of furan rings is 1. The second kappa shape index (κ2) is 13.5. The van der Waals surface area contributed by atoms with Crippen molar-refractivity contribution in [2.24, 2.45) is 15.7 Å². The first-order valence-corrected chi connectivity index (χ1v) is 19.9. The zero-order chi connectivity index (χ0) is 37.9. The number of benzene rings is 8. The van der Waals surface area contributed by atoms with Gasteiger partial charge in [-0.3, -0.25) is 4.99 Å². The molecule has 5 nitrogen and oxygen atoms in total. The molecule has 0 atom stereocenters. The van der Waals surface area contributed by atoms with Crippen molar-refractivity contribution >= 4 is 86.9 Å². The number of thiophene rings is 1. The number of para-hydroxylation sites is 3. The monoisotopic (exact) mass is 750 g/mol. The fourth-order valence-electron chi connectivity index (χ4n) is 8.27. The van der Waals surface area contributed by atoms with Gasteiger partial charge in [-0.25, -0.2) is 4.99 Å². The van der Waals surface area contributed by atoms with Gasteiger partial charge in [0, 0.05) is 64.1 Å². The van der Waals surface area contributed by atoms with Gasteiger partial charge >= 0.3 is 0 Å². The first kappa shape index (κ1) is 33.1. The molecule has 3 aromatic heterocycles. The molecule has 2 N–H and O–H groups in total. The smallest absolute Gasteiger partial charge is 0.157 e. The van der Waals surface area contributed by atoms with Crippen LogP contribution in [0.4, 0.5) is 0 Å². The van der Waals surface area contributed by atoms with Gasteiger partial charge in [0.25, 0.3) is 0 Å². The van der Waals surface area contributed by atoms with Crippen LogP contribution in [0, 0.1) is 0 Å². The third kappa shape index (κ3) is 5.61. The molecule has 0 saturated carbocycles. The molecule has 6 heteroatoms. The van der Waals surface area contributed by atoms with Crippen molar-refractivity contribution in [3.8, 4) is 16.8 Å². The van der Waals surface area contributed by atoms with E-state index < -0.39 is 0 Å². The molecule has 57 heavy (non-hydrogen) atoms. The van der Waals surface area contributed by atoms with E-state index in [1.165, 1.54) is 47.7 Å². The maximum atomic E-state index is 6.65. The minimum atomic E-state index is 0.382. The summed E-state index contributed by atoms with van der Waals surface area (Å²) >= 11 is 1.84. The normalized spacial score (nSPS) is 12.6. The Bertz CT molecular complexity index is 3340. The van der Waals surface area contributed by atoms with Crippen LogP contribution >= 0.6 is 11.3 Å².